The zero-order chi connectivity index (χ0) is 14.8. The molecule has 0 atom stereocenters. The highest BCUT2D eigenvalue weighted by Gasteiger charge is 2.39. The van der Waals surface area contributed by atoms with Crippen LogP contribution >= 0.6 is 0 Å². The quantitative estimate of drug-likeness (QED) is 0.801. The molecule has 0 saturated carbocycles. The van der Waals surface area contributed by atoms with Gasteiger partial charge in [-0.25, -0.2) is 4.98 Å². The van der Waals surface area contributed by atoms with Crippen molar-refractivity contribution in [1.82, 2.24) is 19.8 Å². The highest BCUT2D eigenvalue weighted by atomic mass is 16.2. The van der Waals surface area contributed by atoms with Gasteiger partial charge in [0, 0.05) is 45.0 Å². The molecule has 0 unspecified atom stereocenters. The van der Waals surface area contributed by atoms with Crippen LogP contribution in [0.25, 0.3) is 0 Å². The maximum absolute atomic E-state index is 12.2. The van der Waals surface area contributed by atoms with Gasteiger partial charge in [-0.15, -0.1) is 0 Å². The molecule has 1 aliphatic rings. The van der Waals surface area contributed by atoms with E-state index in [-0.39, 0.29) is 17.2 Å². The van der Waals surface area contributed by atoms with Crippen molar-refractivity contribution >= 4 is 11.8 Å². The molecular formula is C14H20N4O2. The fraction of sp³-hybridized carbons (Fsp3) is 0.571. The van der Waals surface area contributed by atoms with Crippen LogP contribution < -0.4 is 0 Å². The Labute approximate surface area is 118 Å². The third-order valence-electron chi connectivity index (χ3n) is 3.86. The third-order valence-corrected chi connectivity index (χ3v) is 3.86. The summed E-state index contributed by atoms with van der Waals surface area (Å²) in [5, 5.41) is 0. The van der Waals surface area contributed by atoms with E-state index in [1.165, 1.54) is 12.4 Å². The predicted octanol–water partition coefficient (Wildman–Crippen LogP) is 0.807. The van der Waals surface area contributed by atoms with Gasteiger partial charge in [0.1, 0.15) is 5.69 Å². The molecule has 0 spiro atoms. The third kappa shape index (κ3) is 2.79. The van der Waals surface area contributed by atoms with E-state index in [1.807, 2.05) is 6.92 Å². The van der Waals surface area contributed by atoms with E-state index in [9.17, 15) is 9.59 Å². The molecule has 1 saturated heterocycles. The van der Waals surface area contributed by atoms with E-state index in [0.29, 0.717) is 31.6 Å². The topological polar surface area (TPSA) is 66.4 Å². The Morgan fingerprint density at radius 3 is 2.40 bits per heavy atom. The van der Waals surface area contributed by atoms with Crippen LogP contribution in [0, 0.1) is 5.41 Å². The fourth-order valence-electron chi connectivity index (χ4n) is 2.53. The predicted molar refractivity (Wildman–Crippen MR) is 74.0 cm³/mol. The van der Waals surface area contributed by atoms with Crippen LogP contribution in [0.2, 0.25) is 0 Å². The van der Waals surface area contributed by atoms with Gasteiger partial charge in [-0.1, -0.05) is 6.92 Å². The molecule has 2 amide bonds. The summed E-state index contributed by atoms with van der Waals surface area (Å²) in [6.07, 6.45) is 5.88. The van der Waals surface area contributed by atoms with Crippen molar-refractivity contribution in [1.29, 1.82) is 0 Å². The van der Waals surface area contributed by atoms with E-state index in [4.69, 9.17) is 0 Å². The number of nitrogens with zero attached hydrogens (tertiary/aromatic N) is 4. The first kappa shape index (κ1) is 14.4. The average molecular weight is 276 g/mol. The van der Waals surface area contributed by atoms with Gasteiger partial charge in [0.05, 0.1) is 6.20 Å². The summed E-state index contributed by atoms with van der Waals surface area (Å²) in [5.41, 5.74) is -0.0159. The Morgan fingerprint density at radius 2 is 1.90 bits per heavy atom. The van der Waals surface area contributed by atoms with Gasteiger partial charge < -0.3 is 9.80 Å². The number of hydrogen-bond donors (Lipinski definition) is 0. The molecule has 0 radical (unpaired) electrons. The van der Waals surface area contributed by atoms with Gasteiger partial charge in [0.15, 0.2) is 0 Å². The summed E-state index contributed by atoms with van der Waals surface area (Å²) in [6, 6.07) is 0. The van der Waals surface area contributed by atoms with E-state index >= 15 is 0 Å². The number of rotatable bonds is 2. The van der Waals surface area contributed by atoms with Gasteiger partial charge in [0.2, 0.25) is 5.91 Å². The SMILES string of the molecule is CN(C)C(=O)C1(C)CCN(C(=O)c2cnccn2)CC1. The van der Waals surface area contributed by atoms with Crippen LogP contribution in [0.1, 0.15) is 30.3 Å². The molecule has 0 aliphatic carbocycles. The first-order chi connectivity index (χ1) is 9.44. The summed E-state index contributed by atoms with van der Waals surface area (Å²) < 4.78 is 0. The molecule has 1 fully saturated rings. The van der Waals surface area contributed by atoms with Crippen molar-refractivity contribution in [2.24, 2.45) is 5.41 Å². The molecule has 6 heteroatoms. The van der Waals surface area contributed by atoms with Gasteiger partial charge in [0.25, 0.3) is 5.91 Å². The Kier molecular flexibility index (Phi) is 4.01. The number of carbonyl (C=O) groups excluding carboxylic acids is 2. The molecule has 0 N–H and O–H groups in total. The van der Waals surface area contributed by atoms with Gasteiger partial charge in [-0.3, -0.25) is 14.6 Å². The van der Waals surface area contributed by atoms with Crippen LogP contribution in [0.5, 0.6) is 0 Å². The standard InChI is InChI=1S/C14H20N4O2/c1-14(13(20)17(2)3)4-8-18(9-5-14)12(19)11-10-15-6-7-16-11/h6-7,10H,4-5,8-9H2,1-3H3. The summed E-state index contributed by atoms with van der Waals surface area (Å²) in [4.78, 5) is 35.7. The second kappa shape index (κ2) is 5.56. The number of amides is 2. The molecule has 0 aromatic carbocycles. The lowest BCUT2D eigenvalue weighted by Crippen LogP contribution is -2.48. The molecule has 20 heavy (non-hydrogen) atoms. The fourth-order valence-corrected chi connectivity index (χ4v) is 2.53. The first-order valence-electron chi connectivity index (χ1n) is 6.71. The number of likely N-dealkylation sites (tertiary alicyclic amines) is 1. The largest absolute Gasteiger partial charge is 0.348 e. The van der Waals surface area contributed by atoms with Crippen molar-refractivity contribution in [2.75, 3.05) is 27.2 Å². The van der Waals surface area contributed by atoms with Gasteiger partial charge >= 0.3 is 0 Å². The zero-order valence-corrected chi connectivity index (χ0v) is 12.2. The van der Waals surface area contributed by atoms with Crippen LogP contribution in [0.3, 0.4) is 0 Å². The van der Waals surface area contributed by atoms with E-state index in [1.54, 1.807) is 30.1 Å². The minimum atomic E-state index is -0.372. The van der Waals surface area contributed by atoms with Crippen molar-refractivity contribution in [3.8, 4) is 0 Å². The van der Waals surface area contributed by atoms with E-state index in [2.05, 4.69) is 9.97 Å². The average Bonchev–Trinajstić information content (AvgIpc) is 2.47. The molecule has 2 rings (SSSR count). The van der Waals surface area contributed by atoms with Crippen molar-refractivity contribution in [3.05, 3.63) is 24.3 Å². The van der Waals surface area contributed by atoms with Crippen LogP contribution in [0.15, 0.2) is 18.6 Å². The highest BCUT2D eigenvalue weighted by Crippen LogP contribution is 2.32. The summed E-state index contributed by atoms with van der Waals surface area (Å²) >= 11 is 0. The number of aromatic nitrogens is 2. The molecule has 1 aromatic heterocycles. The number of carbonyl (C=O) groups is 2. The Bertz CT molecular complexity index is 493. The maximum Gasteiger partial charge on any atom is 0.274 e. The van der Waals surface area contributed by atoms with E-state index in [0.717, 1.165) is 0 Å². The Balaban J connectivity index is 2.01. The number of hydrogen-bond acceptors (Lipinski definition) is 4. The lowest BCUT2D eigenvalue weighted by atomic mass is 9.79. The molecule has 0 bridgehead atoms. The second-order valence-corrected chi connectivity index (χ2v) is 5.64. The normalized spacial score (nSPS) is 17.6. The zero-order valence-electron chi connectivity index (χ0n) is 12.2. The minimum Gasteiger partial charge on any atom is -0.348 e. The van der Waals surface area contributed by atoms with Crippen LogP contribution in [-0.4, -0.2) is 58.8 Å². The van der Waals surface area contributed by atoms with Crippen molar-refractivity contribution < 1.29 is 9.59 Å². The van der Waals surface area contributed by atoms with Crippen LogP contribution in [0.4, 0.5) is 0 Å². The first-order valence-corrected chi connectivity index (χ1v) is 6.71. The highest BCUT2D eigenvalue weighted by molar-refractivity contribution is 5.92. The smallest absolute Gasteiger partial charge is 0.274 e. The molecular weight excluding hydrogens is 256 g/mol. The van der Waals surface area contributed by atoms with Crippen molar-refractivity contribution in [3.63, 3.8) is 0 Å². The molecule has 108 valence electrons. The monoisotopic (exact) mass is 276 g/mol. The lowest BCUT2D eigenvalue weighted by Gasteiger charge is -2.39. The lowest BCUT2D eigenvalue weighted by molar-refractivity contribution is -0.140. The van der Waals surface area contributed by atoms with E-state index < -0.39 is 0 Å². The minimum absolute atomic E-state index is 0.113. The molecule has 1 aliphatic heterocycles. The molecule has 2 heterocycles. The Morgan fingerprint density at radius 1 is 1.25 bits per heavy atom. The molecule has 6 nitrogen and oxygen atoms in total. The molecule has 1 aromatic rings. The Hall–Kier alpha value is -1.98. The summed E-state index contributed by atoms with van der Waals surface area (Å²) in [5.74, 6) is 0.0153. The van der Waals surface area contributed by atoms with Crippen molar-refractivity contribution in [2.45, 2.75) is 19.8 Å². The number of piperidine rings is 1. The summed E-state index contributed by atoms with van der Waals surface area (Å²) in [7, 11) is 3.54. The van der Waals surface area contributed by atoms with Gasteiger partial charge in [-0.2, -0.15) is 0 Å². The summed E-state index contributed by atoms with van der Waals surface area (Å²) in [6.45, 7) is 3.12. The van der Waals surface area contributed by atoms with Crippen LogP contribution in [-0.2, 0) is 4.79 Å². The maximum atomic E-state index is 12.2. The second-order valence-electron chi connectivity index (χ2n) is 5.64. The van der Waals surface area contributed by atoms with Gasteiger partial charge in [-0.05, 0) is 12.8 Å².